The minimum Gasteiger partial charge on any atom is -0.317 e. The molecule has 72 valence electrons. The number of hydrogen-bond acceptors (Lipinski definition) is 3. The van der Waals surface area contributed by atoms with Crippen molar-refractivity contribution < 1.29 is 0 Å². The molecule has 1 aromatic heterocycles. The molecule has 0 unspecified atom stereocenters. The van der Waals surface area contributed by atoms with Crippen molar-refractivity contribution in [2.75, 3.05) is 13.1 Å². The summed E-state index contributed by atoms with van der Waals surface area (Å²) in [7, 11) is 1.98. The predicted molar refractivity (Wildman–Crippen MR) is 50.6 cm³/mol. The number of piperidine rings is 1. The van der Waals surface area contributed by atoms with Crippen LogP contribution in [0.3, 0.4) is 0 Å². The first-order valence-electron chi connectivity index (χ1n) is 4.86. The second-order valence-corrected chi connectivity index (χ2v) is 3.71. The average molecular weight is 180 g/mol. The molecule has 0 saturated carbocycles. The Kier molecular flexibility index (Phi) is 2.31. The maximum absolute atomic E-state index is 4.08. The van der Waals surface area contributed by atoms with E-state index in [4.69, 9.17) is 0 Å². The van der Waals surface area contributed by atoms with Crippen molar-refractivity contribution in [3.05, 3.63) is 11.4 Å². The van der Waals surface area contributed by atoms with Gasteiger partial charge < -0.3 is 5.32 Å². The van der Waals surface area contributed by atoms with Crippen molar-refractivity contribution in [2.45, 2.75) is 25.7 Å². The van der Waals surface area contributed by atoms with Crippen molar-refractivity contribution in [3.63, 3.8) is 0 Å². The number of nitrogens with zero attached hydrogens (tertiary/aromatic N) is 3. The Morgan fingerprint density at radius 3 is 2.62 bits per heavy atom. The minimum atomic E-state index is 0.654. The van der Waals surface area contributed by atoms with Gasteiger partial charge in [-0.2, -0.15) is 0 Å². The average Bonchev–Trinajstić information content (AvgIpc) is 2.48. The molecule has 1 aliphatic heterocycles. The molecule has 13 heavy (non-hydrogen) atoms. The molecule has 2 rings (SSSR count). The van der Waals surface area contributed by atoms with Crippen molar-refractivity contribution >= 4 is 0 Å². The quantitative estimate of drug-likeness (QED) is 0.688. The molecule has 1 aliphatic rings. The fraction of sp³-hybridized carbons (Fsp3) is 0.778. The van der Waals surface area contributed by atoms with Crippen LogP contribution >= 0.6 is 0 Å². The summed E-state index contributed by atoms with van der Waals surface area (Å²) in [6.45, 7) is 4.29. The summed E-state index contributed by atoms with van der Waals surface area (Å²) in [6.07, 6.45) is 2.42. The van der Waals surface area contributed by atoms with Gasteiger partial charge in [-0.25, -0.2) is 0 Å². The van der Waals surface area contributed by atoms with Crippen LogP contribution < -0.4 is 5.32 Å². The van der Waals surface area contributed by atoms with Crippen LogP contribution in [-0.2, 0) is 7.05 Å². The summed E-state index contributed by atoms with van der Waals surface area (Å²) in [5, 5.41) is 11.5. The van der Waals surface area contributed by atoms with Crippen molar-refractivity contribution in [2.24, 2.45) is 7.05 Å². The monoisotopic (exact) mass is 180 g/mol. The second-order valence-electron chi connectivity index (χ2n) is 3.71. The Balaban J connectivity index is 2.22. The highest BCUT2D eigenvalue weighted by Crippen LogP contribution is 2.25. The third-order valence-electron chi connectivity index (χ3n) is 2.77. The van der Waals surface area contributed by atoms with Crippen LogP contribution in [0.2, 0.25) is 0 Å². The minimum absolute atomic E-state index is 0.654. The summed E-state index contributed by atoms with van der Waals surface area (Å²) in [5.74, 6) is 0.654. The first-order valence-corrected chi connectivity index (χ1v) is 4.86. The third-order valence-corrected chi connectivity index (χ3v) is 2.77. The molecule has 1 fully saturated rings. The van der Waals surface area contributed by atoms with Crippen molar-refractivity contribution in [1.29, 1.82) is 0 Å². The van der Waals surface area contributed by atoms with Gasteiger partial charge in [-0.3, -0.25) is 4.68 Å². The van der Waals surface area contributed by atoms with E-state index in [-0.39, 0.29) is 0 Å². The molecule has 1 N–H and O–H groups in total. The van der Waals surface area contributed by atoms with Crippen molar-refractivity contribution in [1.82, 2.24) is 20.3 Å². The predicted octanol–water partition coefficient (Wildman–Crippen LogP) is 0.591. The summed E-state index contributed by atoms with van der Waals surface area (Å²) in [4.78, 5) is 0. The lowest BCUT2D eigenvalue weighted by Gasteiger charge is -2.22. The molecule has 0 amide bonds. The second kappa shape index (κ2) is 3.46. The Bertz CT molecular complexity index is 266. The molecule has 4 nitrogen and oxygen atoms in total. The molecule has 1 aromatic rings. The molecule has 0 radical (unpaired) electrons. The maximum Gasteiger partial charge on any atom is 0.0831 e. The molecular weight excluding hydrogens is 164 g/mol. The Morgan fingerprint density at radius 1 is 1.38 bits per heavy atom. The van der Waals surface area contributed by atoms with Gasteiger partial charge in [0.2, 0.25) is 0 Å². The Hall–Kier alpha value is -0.900. The number of rotatable bonds is 1. The maximum atomic E-state index is 4.08. The summed E-state index contributed by atoms with van der Waals surface area (Å²) < 4.78 is 1.92. The molecule has 1 saturated heterocycles. The van der Waals surface area contributed by atoms with Crippen LogP contribution in [-0.4, -0.2) is 28.1 Å². The SMILES string of the molecule is Cc1nnn(C)c1C1CCNCC1. The van der Waals surface area contributed by atoms with E-state index in [0.29, 0.717) is 5.92 Å². The van der Waals surface area contributed by atoms with Gasteiger partial charge in [0.15, 0.2) is 0 Å². The first kappa shape index (κ1) is 8.69. The normalized spacial score (nSPS) is 19.2. The molecule has 0 aliphatic carbocycles. The van der Waals surface area contributed by atoms with Crippen LogP contribution in [0.15, 0.2) is 0 Å². The van der Waals surface area contributed by atoms with Gasteiger partial charge in [-0.15, -0.1) is 5.10 Å². The van der Waals surface area contributed by atoms with Crippen LogP contribution in [0.4, 0.5) is 0 Å². The molecule has 0 bridgehead atoms. The Morgan fingerprint density at radius 2 is 2.08 bits per heavy atom. The van der Waals surface area contributed by atoms with E-state index in [1.54, 1.807) is 0 Å². The fourth-order valence-corrected chi connectivity index (χ4v) is 2.12. The zero-order valence-corrected chi connectivity index (χ0v) is 8.25. The first-order chi connectivity index (χ1) is 6.29. The van der Waals surface area contributed by atoms with E-state index in [9.17, 15) is 0 Å². The number of aromatic nitrogens is 3. The smallest absolute Gasteiger partial charge is 0.0831 e. The standard InChI is InChI=1S/C9H16N4/c1-7-9(13(2)12-11-7)8-3-5-10-6-4-8/h8,10H,3-6H2,1-2H3. The molecule has 4 heteroatoms. The van der Waals surface area contributed by atoms with Gasteiger partial charge in [0, 0.05) is 13.0 Å². The topological polar surface area (TPSA) is 42.7 Å². The molecule has 0 atom stereocenters. The largest absolute Gasteiger partial charge is 0.317 e. The van der Waals surface area contributed by atoms with Gasteiger partial charge in [-0.1, -0.05) is 5.21 Å². The summed E-state index contributed by atoms with van der Waals surface area (Å²) >= 11 is 0. The van der Waals surface area contributed by atoms with Crippen LogP contribution in [0.1, 0.15) is 30.1 Å². The highest BCUT2D eigenvalue weighted by Gasteiger charge is 2.20. The molecule has 0 aromatic carbocycles. The van der Waals surface area contributed by atoms with Crippen LogP contribution in [0.25, 0.3) is 0 Å². The van der Waals surface area contributed by atoms with Gasteiger partial charge in [-0.05, 0) is 32.9 Å². The van der Waals surface area contributed by atoms with Gasteiger partial charge in [0.1, 0.15) is 0 Å². The third kappa shape index (κ3) is 1.58. The zero-order chi connectivity index (χ0) is 9.26. The van der Waals surface area contributed by atoms with E-state index in [0.717, 1.165) is 18.8 Å². The van der Waals surface area contributed by atoms with Crippen molar-refractivity contribution in [3.8, 4) is 0 Å². The number of nitrogens with one attached hydrogen (secondary N) is 1. The summed E-state index contributed by atoms with van der Waals surface area (Å²) in [5.41, 5.74) is 2.41. The summed E-state index contributed by atoms with van der Waals surface area (Å²) in [6, 6.07) is 0. The highest BCUT2D eigenvalue weighted by atomic mass is 15.4. The number of aryl methyl sites for hydroxylation is 2. The highest BCUT2D eigenvalue weighted by molar-refractivity contribution is 5.14. The lowest BCUT2D eigenvalue weighted by molar-refractivity contribution is 0.438. The van der Waals surface area contributed by atoms with E-state index < -0.39 is 0 Å². The van der Waals surface area contributed by atoms with Crippen LogP contribution in [0, 0.1) is 6.92 Å². The molecular formula is C9H16N4. The number of hydrogen-bond donors (Lipinski definition) is 1. The molecule has 2 heterocycles. The van der Waals surface area contributed by atoms with Gasteiger partial charge >= 0.3 is 0 Å². The lowest BCUT2D eigenvalue weighted by Crippen LogP contribution is -2.27. The van der Waals surface area contributed by atoms with E-state index >= 15 is 0 Å². The van der Waals surface area contributed by atoms with Gasteiger partial charge in [0.25, 0.3) is 0 Å². The van der Waals surface area contributed by atoms with Crippen LogP contribution in [0.5, 0.6) is 0 Å². The van der Waals surface area contributed by atoms with E-state index in [1.165, 1.54) is 18.5 Å². The lowest BCUT2D eigenvalue weighted by atomic mass is 9.93. The van der Waals surface area contributed by atoms with Gasteiger partial charge in [0.05, 0.1) is 11.4 Å². The van der Waals surface area contributed by atoms with E-state index in [1.807, 2.05) is 18.7 Å². The van der Waals surface area contributed by atoms with E-state index in [2.05, 4.69) is 15.6 Å². The zero-order valence-electron chi connectivity index (χ0n) is 8.25. The molecule has 0 spiro atoms. The fourth-order valence-electron chi connectivity index (χ4n) is 2.12. The Labute approximate surface area is 78.3 Å².